The molecule has 13 heteroatoms. The Balaban J connectivity index is 1.86. The van der Waals surface area contributed by atoms with Gasteiger partial charge in [-0.15, -0.1) is 0 Å². The van der Waals surface area contributed by atoms with Gasteiger partial charge in [0.25, 0.3) is 16.1 Å². The highest BCUT2D eigenvalue weighted by atomic mass is 32.2. The van der Waals surface area contributed by atoms with Gasteiger partial charge >= 0.3 is 0 Å². The van der Waals surface area contributed by atoms with Crippen molar-refractivity contribution in [2.24, 2.45) is 0 Å². The summed E-state index contributed by atoms with van der Waals surface area (Å²) in [4.78, 5) is 6.92. The molecule has 1 aliphatic heterocycles. The van der Waals surface area contributed by atoms with E-state index in [0.717, 1.165) is 6.07 Å². The number of aliphatic hydroxyl groups excluding tert-OH is 3. The van der Waals surface area contributed by atoms with E-state index in [9.17, 15) is 32.5 Å². The zero-order valence-electron chi connectivity index (χ0n) is 13.8. The number of pyridine rings is 2. The summed E-state index contributed by atoms with van der Waals surface area (Å²) in [5, 5.41) is 29.2. The number of halogens is 2. The smallest absolute Gasteiger partial charge is 0.295 e. The monoisotopic (exact) mass is 420 g/mol. The lowest BCUT2D eigenvalue weighted by Gasteiger charge is -2.38. The molecule has 0 saturated carbocycles. The predicted molar refractivity (Wildman–Crippen MR) is 86.2 cm³/mol. The van der Waals surface area contributed by atoms with Gasteiger partial charge in [0.1, 0.15) is 18.3 Å². The molecule has 1 unspecified atom stereocenters. The van der Waals surface area contributed by atoms with Crippen LogP contribution < -0.4 is 4.74 Å². The van der Waals surface area contributed by atoms with E-state index in [4.69, 9.17) is 14.0 Å². The lowest BCUT2D eigenvalue weighted by molar-refractivity contribution is -0.254. The van der Waals surface area contributed by atoms with E-state index in [1.54, 1.807) is 0 Å². The number of aliphatic hydroxyl groups is 3. The molecule has 0 amide bonds. The molecule has 2 aromatic rings. The van der Waals surface area contributed by atoms with Gasteiger partial charge in [0, 0.05) is 6.20 Å². The van der Waals surface area contributed by atoms with Crippen LogP contribution in [0.4, 0.5) is 8.78 Å². The summed E-state index contributed by atoms with van der Waals surface area (Å²) in [6.07, 6.45) is -7.01. The third kappa shape index (κ3) is 3.94. The fourth-order valence-corrected chi connectivity index (χ4v) is 3.29. The summed E-state index contributed by atoms with van der Waals surface area (Å²) in [6, 6.07) is 4.89. The molecule has 1 aliphatic rings. The van der Waals surface area contributed by atoms with E-state index in [-0.39, 0.29) is 11.3 Å². The van der Waals surface area contributed by atoms with Crippen LogP contribution in [0.3, 0.4) is 0 Å². The standard InChI is InChI=1S/C15H14F2N2O8S/c16-12-6(2-1-5-18-12)7-3-4-8(13(17)19-7)26-14-10(21)9(20)11(22)15(27-14)28(23,24)25/h1-5,9-11,14-15,20-22H,(H,23,24,25)/t9-,10-,11+,14-,15?/m1/s1. The van der Waals surface area contributed by atoms with Crippen LogP contribution in [0.25, 0.3) is 11.3 Å². The maximum atomic E-state index is 14.3. The van der Waals surface area contributed by atoms with Crippen molar-refractivity contribution in [2.45, 2.75) is 30.0 Å². The molecule has 0 aliphatic carbocycles. The first kappa shape index (κ1) is 20.4. The minimum atomic E-state index is -5.00. The molecule has 1 saturated heterocycles. The summed E-state index contributed by atoms with van der Waals surface area (Å²) >= 11 is 0. The van der Waals surface area contributed by atoms with Crippen LogP contribution in [0, 0.1) is 11.9 Å². The minimum Gasteiger partial charge on any atom is -0.457 e. The number of nitrogens with zero attached hydrogens (tertiary/aromatic N) is 2. The number of hydrogen-bond donors (Lipinski definition) is 4. The third-order valence-corrected chi connectivity index (χ3v) is 4.89. The summed E-state index contributed by atoms with van der Waals surface area (Å²) in [6.45, 7) is 0. The lowest BCUT2D eigenvalue weighted by atomic mass is 10.1. The maximum Gasteiger partial charge on any atom is 0.295 e. The quantitative estimate of drug-likeness (QED) is 0.373. The van der Waals surface area contributed by atoms with Crippen molar-refractivity contribution in [1.82, 2.24) is 9.97 Å². The Hall–Kier alpha value is -2.29. The summed E-state index contributed by atoms with van der Waals surface area (Å²) in [7, 11) is -5.00. The normalized spacial score (nSPS) is 28.1. The highest BCUT2D eigenvalue weighted by Crippen LogP contribution is 2.29. The second kappa shape index (κ2) is 7.62. The van der Waals surface area contributed by atoms with Gasteiger partial charge in [-0.25, -0.2) is 9.97 Å². The molecular weight excluding hydrogens is 406 g/mol. The van der Waals surface area contributed by atoms with Crippen molar-refractivity contribution in [1.29, 1.82) is 0 Å². The number of rotatable bonds is 4. The second-order valence-electron chi connectivity index (χ2n) is 5.80. The van der Waals surface area contributed by atoms with Gasteiger partial charge in [-0.2, -0.15) is 17.2 Å². The molecule has 0 aromatic carbocycles. The van der Waals surface area contributed by atoms with Crippen LogP contribution in [-0.4, -0.2) is 68.3 Å². The third-order valence-electron chi connectivity index (χ3n) is 3.91. The SMILES string of the molecule is O=S(=O)(O)C1O[C@@H](Oc2ccc(-c3cccnc3F)nc2F)[C@H](O)[C@@H](O)[C@@H]1O. The predicted octanol–water partition coefficient (Wildman–Crippen LogP) is -0.546. The fraction of sp³-hybridized carbons (Fsp3) is 0.333. The van der Waals surface area contributed by atoms with Gasteiger partial charge in [0.05, 0.1) is 11.3 Å². The van der Waals surface area contributed by atoms with Crippen molar-refractivity contribution in [3.8, 4) is 17.0 Å². The Morgan fingerprint density at radius 1 is 1.04 bits per heavy atom. The lowest BCUT2D eigenvalue weighted by Crippen LogP contribution is -2.61. The topological polar surface area (TPSA) is 159 Å². The summed E-state index contributed by atoms with van der Waals surface area (Å²) < 4.78 is 69.2. The van der Waals surface area contributed by atoms with Gasteiger partial charge in [0.15, 0.2) is 5.75 Å². The first-order valence-electron chi connectivity index (χ1n) is 7.69. The molecule has 1 fully saturated rings. The van der Waals surface area contributed by atoms with Crippen molar-refractivity contribution < 1.29 is 46.5 Å². The van der Waals surface area contributed by atoms with E-state index in [1.807, 2.05) is 0 Å². The van der Waals surface area contributed by atoms with Gasteiger partial charge in [0.2, 0.25) is 17.7 Å². The van der Waals surface area contributed by atoms with E-state index < -0.39 is 57.8 Å². The Labute approximate surface area is 156 Å². The number of hydrogen-bond acceptors (Lipinski definition) is 9. The average molecular weight is 420 g/mol. The van der Waals surface area contributed by atoms with Crippen LogP contribution in [0.15, 0.2) is 30.5 Å². The number of ether oxygens (including phenoxy) is 2. The molecule has 0 radical (unpaired) electrons. The van der Waals surface area contributed by atoms with E-state index in [1.165, 1.54) is 24.4 Å². The molecule has 0 spiro atoms. The highest BCUT2D eigenvalue weighted by Gasteiger charge is 2.50. The minimum absolute atomic E-state index is 0.0908. The van der Waals surface area contributed by atoms with Crippen LogP contribution in [0.2, 0.25) is 0 Å². The Morgan fingerprint density at radius 3 is 2.36 bits per heavy atom. The number of aromatic nitrogens is 2. The highest BCUT2D eigenvalue weighted by molar-refractivity contribution is 7.86. The van der Waals surface area contributed by atoms with E-state index in [2.05, 4.69) is 9.97 Å². The van der Waals surface area contributed by atoms with Crippen molar-refractivity contribution in [3.05, 3.63) is 42.4 Å². The van der Waals surface area contributed by atoms with Gasteiger partial charge < -0.3 is 24.8 Å². The zero-order chi connectivity index (χ0) is 20.6. The second-order valence-corrected chi connectivity index (χ2v) is 7.30. The Bertz CT molecular complexity index is 976. The first-order chi connectivity index (χ1) is 13.1. The van der Waals surface area contributed by atoms with Crippen LogP contribution in [0.1, 0.15) is 0 Å². The van der Waals surface area contributed by atoms with Gasteiger partial charge in [-0.05, 0) is 24.3 Å². The van der Waals surface area contributed by atoms with Gasteiger partial charge in [-0.1, -0.05) is 0 Å². The molecular formula is C15H14F2N2O8S. The van der Waals surface area contributed by atoms with Crippen molar-refractivity contribution in [2.75, 3.05) is 0 Å². The Kier molecular flexibility index (Phi) is 5.56. The Morgan fingerprint density at radius 2 is 1.75 bits per heavy atom. The molecule has 28 heavy (non-hydrogen) atoms. The molecule has 3 rings (SSSR count). The van der Waals surface area contributed by atoms with Crippen LogP contribution in [-0.2, 0) is 14.9 Å². The molecule has 2 aromatic heterocycles. The average Bonchev–Trinajstić information content (AvgIpc) is 2.63. The maximum absolute atomic E-state index is 14.3. The molecule has 3 heterocycles. The molecule has 0 bridgehead atoms. The van der Waals surface area contributed by atoms with Crippen molar-refractivity contribution >= 4 is 10.1 Å². The van der Waals surface area contributed by atoms with Crippen LogP contribution >= 0.6 is 0 Å². The van der Waals surface area contributed by atoms with E-state index in [0.29, 0.717) is 0 Å². The molecule has 4 N–H and O–H groups in total. The molecule has 152 valence electrons. The summed E-state index contributed by atoms with van der Waals surface area (Å²) in [5.41, 5.74) is -2.55. The van der Waals surface area contributed by atoms with Crippen LogP contribution in [0.5, 0.6) is 5.75 Å². The first-order valence-corrected chi connectivity index (χ1v) is 9.20. The fourth-order valence-electron chi connectivity index (χ4n) is 2.52. The van der Waals surface area contributed by atoms with Crippen molar-refractivity contribution in [3.63, 3.8) is 0 Å². The zero-order valence-corrected chi connectivity index (χ0v) is 14.6. The molecule has 5 atom stereocenters. The van der Waals surface area contributed by atoms with E-state index >= 15 is 0 Å². The largest absolute Gasteiger partial charge is 0.457 e. The van der Waals surface area contributed by atoms with Gasteiger partial charge in [-0.3, -0.25) is 4.55 Å². The molecule has 10 nitrogen and oxygen atoms in total. The summed E-state index contributed by atoms with van der Waals surface area (Å²) in [5.74, 6) is -2.78.